The Morgan fingerprint density at radius 3 is 2.60 bits per heavy atom. The zero-order valence-corrected chi connectivity index (χ0v) is 12.9. The maximum absolute atomic E-state index is 5.86. The molecule has 1 radical (unpaired) electrons. The van der Waals surface area contributed by atoms with Gasteiger partial charge in [-0.1, -0.05) is 18.2 Å². The van der Waals surface area contributed by atoms with Gasteiger partial charge >= 0.3 is 0 Å². The third-order valence-corrected chi connectivity index (χ3v) is 3.25. The van der Waals surface area contributed by atoms with Crippen LogP contribution < -0.4 is 0 Å². The molecule has 20 heavy (non-hydrogen) atoms. The zero-order chi connectivity index (χ0) is 12.7. The van der Waals surface area contributed by atoms with Crippen molar-refractivity contribution in [3.63, 3.8) is 0 Å². The summed E-state index contributed by atoms with van der Waals surface area (Å²) in [6, 6.07) is 21.0. The molecule has 0 spiro atoms. The molecule has 0 fully saturated rings. The normalized spacial score (nSPS) is 10.6. The molecule has 0 amide bonds. The second-order valence-corrected chi connectivity index (χ2v) is 4.44. The molecule has 0 aliphatic rings. The average Bonchev–Trinajstić information content (AvgIpc) is 2.86. The quantitative estimate of drug-likeness (QED) is 0.412. The van der Waals surface area contributed by atoms with Gasteiger partial charge in [-0.05, 0) is 17.8 Å². The molecule has 4 rings (SSSR count). The monoisotopic (exact) mass is 437 g/mol. The number of para-hydroxylation sites is 1. The van der Waals surface area contributed by atoms with E-state index in [0.717, 1.165) is 33.2 Å². The van der Waals surface area contributed by atoms with Crippen LogP contribution in [-0.2, 0) is 20.1 Å². The van der Waals surface area contributed by atoms with Crippen LogP contribution >= 0.6 is 0 Å². The predicted octanol–water partition coefficient (Wildman–Crippen LogP) is 4.45. The number of rotatable bonds is 1. The second kappa shape index (κ2) is 5.20. The van der Waals surface area contributed by atoms with Crippen molar-refractivity contribution in [2.24, 2.45) is 0 Å². The summed E-state index contributed by atoms with van der Waals surface area (Å²) in [7, 11) is 0. The SMILES string of the molecule is [Ir].[c-]1ccccc1-c1cc2oc3ccccc3c2cn1. The smallest absolute Gasteiger partial charge is 0.135 e. The van der Waals surface area contributed by atoms with E-state index in [1.807, 2.05) is 54.7 Å². The molecule has 0 bridgehead atoms. The summed E-state index contributed by atoms with van der Waals surface area (Å²) in [5.41, 5.74) is 3.62. The minimum absolute atomic E-state index is 0. The first kappa shape index (κ1) is 13.0. The van der Waals surface area contributed by atoms with Crippen molar-refractivity contribution in [3.05, 3.63) is 66.9 Å². The number of furan rings is 1. The largest absolute Gasteiger partial charge is 0.457 e. The summed E-state index contributed by atoms with van der Waals surface area (Å²) >= 11 is 0. The number of nitrogens with zero attached hydrogens (tertiary/aromatic N) is 1. The van der Waals surface area contributed by atoms with Gasteiger partial charge in [-0.3, -0.25) is 0 Å². The fourth-order valence-corrected chi connectivity index (χ4v) is 2.32. The molecule has 0 N–H and O–H groups in total. The molecular formula is C17H10IrNO-. The summed E-state index contributed by atoms with van der Waals surface area (Å²) in [4.78, 5) is 4.51. The van der Waals surface area contributed by atoms with Crippen LogP contribution in [0.5, 0.6) is 0 Å². The van der Waals surface area contributed by atoms with Crippen molar-refractivity contribution in [1.82, 2.24) is 4.98 Å². The van der Waals surface area contributed by atoms with E-state index in [4.69, 9.17) is 4.42 Å². The number of benzene rings is 2. The van der Waals surface area contributed by atoms with E-state index in [-0.39, 0.29) is 20.1 Å². The van der Waals surface area contributed by atoms with Gasteiger partial charge in [0.1, 0.15) is 11.2 Å². The summed E-state index contributed by atoms with van der Waals surface area (Å²) in [5.74, 6) is 0. The van der Waals surface area contributed by atoms with Gasteiger partial charge in [0.25, 0.3) is 0 Å². The van der Waals surface area contributed by atoms with Crippen LogP contribution in [0.1, 0.15) is 0 Å². The molecule has 0 saturated carbocycles. The molecule has 0 atom stereocenters. The fourth-order valence-electron chi connectivity index (χ4n) is 2.32. The summed E-state index contributed by atoms with van der Waals surface area (Å²) in [6.45, 7) is 0. The van der Waals surface area contributed by atoms with Crippen LogP contribution in [0.2, 0.25) is 0 Å². The van der Waals surface area contributed by atoms with Gasteiger partial charge in [0.2, 0.25) is 0 Å². The van der Waals surface area contributed by atoms with E-state index < -0.39 is 0 Å². The van der Waals surface area contributed by atoms with Crippen molar-refractivity contribution >= 4 is 21.9 Å². The first-order valence-electron chi connectivity index (χ1n) is 6.16. The maximum Gasteiger partial charge on any atom is 0.135 e. The average molecular weight is 436 g/mol. The Balaban J connectivity index is 0.00000121. The number of hydrogen-bond acceptors (Lipinski definition) is 2. The van der Waals surface area contributed by atoms with Crippen molar-refractivity contribution in [2.75, 3.05) is 0 Å². The summed E-state index contributed by atoms with van der Waals surface area (Å²) in [6.07, 6.45) is 1.87. The topological polar surface area (TPSA) is 26.0 Å². The van der Waals surface area contributed by atoms with Crippen LogP contribution in [0.3, 0.4) is 0 Å². The first-order valence-corrected chi connectivity index (χ1v) is 6.16. The van der Waals surface area contributed by atoms with Crippen LogP contribution in [0.25, 0.3) is 33.2 Å². The van der Waals surface area contributed by atoms with E-state index in [0.29, 0.717) is 0 Å². The third-order valence-electron chi connectivity index (χ3n) is 3.25. The van der Waals surface area contributed by atoms with Crippen molar-refractivity contribution < 1.29 is 24.5 Å². The van der Waals surface area contributed by atoms with E-state index in [2.05, 4.69) is 17.1 Å². The Bertz CT molecular complexity index is 868. The Hall–Kier alpha value is -1.96. The fraction of sp³-hybridized carbons (Fsp3) is 0. The van der Waals surface area contributed by atoms with E-state index in [9.17, 15) is 0 Å². The summed E-state index contributed by atoms with van der Waals surface area (Å²) in [5, 5.41) is 2.16. The number of fused-ring (bicyclic) bond motifs is 3. The van der Waals surface area contributed by atoms with Crippen molar-refractivity contribution in [2.45, 2.75) is 0 Å². The van der Waals surface area contributed by atoms with Crippen LogP contribution in [0.15, 0.2) is 65.2 Å². The predicted molar refractivity (Wildman–Crippen MR) is 75.8 cm³/mol. The van der Waals surface area contributed by atoms with Gasteiger partial charge < -0.3 is 9.40 Å². The van der Waals surface area contributed by atoms with Crippen molar-refractivity contribution in [3.8, 4) is 11.3 Å². The van der Waals surface area contributed by atoms with Crippen LogP contribution in [0.4, 0.5) is 0 Å². The molecule has 3 heteroatoms. The Morgan fingerprint density at radius 2 is 1.75 bits per heavy atom. The molecule has 2 nitrogen and oxygen atoms in total. The van der Waals surface area contributed by atoms with E-state index in [1.54, 1.807) is 0 Å². The zero-order valence-electron chi connectivity index (χ0n) is 10.5. The van der Waals surface area contributed by atoms with Crippen molar-refractivity contribution in [1.29, 1.82) is 0 Å². The molecule has 2 aromatic carbocycles. The maximum atomic E-state index is 5.86. The molecule has 0 aliphatic carbocycles. The van der Waals surface area contributed by atoms with E-state index in [1.165, 1.54) is 0 Å². The Labute approximate surface area is 129 Å². The number of pyridine rings is 1. The Kier molecular flexibility index (Phi) is 3.39. The van der Waals surface area contributed by atoms with Crippen LogP contribution in [-0.4, -0.2) is 4.98 Å². The number of aromatic nitrogens is 1. The molecule has 0 unspecified atom stereocenters. The molecule has 2 heterocycles. The van der Waals surface area contributed by atoms with Gasteiger partial charge in [-0.15, -0.1) is 35.9 Å². The second-order valence-electron chi connectivity index (χ2n) is 4.44. The Morgan fingerprint density at radius 1 is 0.900 bits per heavy atom. The van der Waals surface area contributed by atoms with Gasteiger partial charge in [-0.2, -0.15) is 0 Å². The minimum Gasteiger partial charge on any atom is -0.457 e. The minimum atomic E-state index is 0. The molecule has 4 aromatic rings. The number of hydrogen-bond donors (Lipinski definition) is 0. The first-order chi connectivity index (χ1) is 9.42. The molecule has 0 saturated heterocycles. The van der Waals surface area contributed by atoms with Gasteiger partial charge in [0, 0.05) is 37.1 Å². The van der Waals surface area contributed by atoms with Gasteiger partial charge in [0.05, 0.1) is 0 Å². The standard InChI is InChI=1S/C17H10NO.Ir/c1-2-6-12(7-3-1)15-10-17-14(11-18-15)13-8-4-5-9-16(13)19-17;/h1-6,8-11H;/q-1;. The molecular weight excluding hydrogens is 426 g/mol. The summed E-state index contributed by atoms with van der Waals surface area (Å²) < 4.78 is 5.86. The third kappa shape index (κ3) is 2.05. The molecule has 0 aliphatic heterocycles. The van der Waals surface area contributed by atoms with Gasteiger partial charge in [-0.25, -0.2) is 0 Å². The van der Waals surface area contributed by atoms with E-state index >= 15 is 0 Å². The van der Waals surface area contributed by atoms with Gasteiger partial charge in [0.15, 0.2) is 0 Å². The van der Waals surface area contributed by atoms with Crippen LogP contribution in [0, 0.1) is 6.07 Å². The molecule has 99 valence electrons. The molecule has 2 aromatic heterocycles.